The molecule has 4 rings (SSSR count). The Kier molecular flexibility index (Phi) is 4.01. The van der Waals surface area contributed by atoms with Gasteiger partial charge in [-0.1, -0.05) is 48.5 Å². The molecule has 0 spiro atoms. The van der Waals surface area contributed by atoms with Crippen LogP contribution >= 0.6 is 0 Å². The smallest absolute Gasteiger partial charge is 0.158 e. The molecule has 2 heterocycles. The van der Waals surface area contributed by atoms with Crippen LogP contribution in [-0.4, -0.2) is 44.0 Å². The first-order chi connectivity index (χ1) is 12.2. The van der Waals surface area contributed by atoms with Gasteiger partial charge in [0, 0.05) is 11.3 Å². The highest BCUT2D eigenvalue weighted by atomic mass is 16.3. The molecule has 4 N–H and O–H groups in total. The molecule has 0 amide bonds. The van der Waals surface area contributed by atoms with E-state index in [-0.39, 0.29) is 6.61 Å². The minimum absolute atomic E-state index is 0.305. The van der Waals surface area contributed by atoms with Crippen molar-refractivity contribution >= 4 is 11.5 Å². The predicted octanol–water partition coefficient (Wildman–Crippen LogP) is 1.98. The lowest BCUT2D eigenvalue weighted by atomic mass is 9.96. The van der Waals surface area contributed by atoms with Crippen molar-refractivity contribution in [2.75, 3.05) is 11.5 Å². The topological polar surface area (TPSA) is 92.6 Å². The number of aliphatic hydroxyl groups excluding tert-OH is 3. The normalized spacial score (nSPS) is 22.7. The van der Waals surface area contributed by atoms with Crippen LogP contribution in [0.25, 0.3) is 11.4 Å². The Labute approximate surface area is 145 Å². The second-order valence-electron chi connectivity index (χ2n) is 6.08. The molecule has 0 bridgehead atoms. The van der Waals surface area contributed by atoms with Gasteiger partial charge in [0.25, 0.3) is 0 Å². The molecule has 128 valence electrons. The summed E-state index contributed by atoms with van der Waals surface area (Å²) in [7, 11) is 0. The van der Waals surface area contributed by atoms with E-state index in [2.05, 4.69) is 9.97 Å². The maximum Gasteiger partial charge on any atom is 0.158 e. The third kappa shape index (κ3) is 2.60. The van der Waals surface area contributed by atoms with Crippen LogP contribution in [-0.2, 0) is 0 Å². The first-order valence-corrected chi connectivity index (χ1v) is 8.17. The lowest BCUT2D eigenvalue weighted by molar-refractivity contribution is -0.0162. The first-order valence-electron chi connectivity index (χ1n) is 8.17. The van der Waals surface area contributed by atoms with E-state index < -0.39 is 18.2 Å². The molecule has 0 radical (unpaired) electrons. The lowest BCUT2D eigenvalue weighted by Crippen LogP contribution is -2.50. The number of aromatic amines is 1. The number of hydrogen-bond acceptors (Lipinski definition) is 5. The molecule has 0 unspecified atom stereocenters. The third-order valence-corrected chi connectivity index (χ3v) is 4.55. The highest BCUT2D eigenvalue weighted by molar-refractivity contribution is 5.69. The van der Waals surface area contributed by atoms with Crippen LogP contribution in [0.2, 0.25) is 0 Å². The van der Waals surface area contributed by atoms with Gasteiger partial charge < -0.3 is 25.2 Å². The molecule has 25 heavy (non-hydrogen) atoms. The fraction of sp³-hybridized carbons (Fsp3) is 0.211. The fourth-order valence-electron chi connectivity index (χ4n) is 3.28. The van der Waals surface area contributed by atoms with Gasteiger partial charge in [-0.2, -0.15) is 0 Å². The molecule has 0 saturated carbocycles. The summed E-state index contributed by atoms with van der Waals surface area (Å²) in [5.41, 5.74) is 2.12. The standard InChI is InChI=1S/C19H19N3O3/c23-11-14-16(24)17(25)15-19(22(14)13-9-5-2-6-10-13)21-18(20-15)12-7-3-1-4-8-12/h1-10,14,16-17,23-25H,11H2,(H,20,21)/t14-,16-,17-/m0/s1. The van der Waals surface area contributed by atoms with Crippen LogP contribution in [0.3, 0.4) is 0 Å². The first kappa shape index (κ1) is 15.8. The maximum atomic E-state index is 10.5. The summed E-state index contributed by atoms with van der Waals surface area (Å²) in [6, 6.07) is 18.3. The number of imidazole rings is 1. The van der Waals surface area contributed by atoms with E-state index in [4.69, 9.17) is 0 Å². The second-order valence-corrected chi connectivity index (χ2v) is 6.08. The van der Waals surface area contributed by atoms with Gasteiger partial charge in [-0.3, -0.25) is 0 Å². The zero-order valence-corrected chi connectivity index (χ0v) is 13.4. The largest absolute Gasteiger partial charge is 0.394 e. The van der Waals surface area contributed by atoms with Crippen molar-refractivity contribution in [3.63, 3.8) is 0 Å². The summed E-state index contributed by atoms with van der Waals surface area (Å²) in [6.07, 6.45) is -2.28. The molecule has 1 aliphatic heterocycles. The Hall–Kier alpha value is -2.67. The van der Waals surface area contributed by atoms with E-state index in [1.807, 2.05) is 60.7 Å². The average Bonchev–Trinajstić information content (AvgIpc) is 3.11. The molecule has 3 aromatic rings. The summed E-state index contributed by atoms with van der Waals surface area (Å²) in [5, 5.41) is 30.8. The van der Waals surface area contributed by atoms with Gasteiger partial charge >= 0.3 is 0 Å². The number of para-hydroxylation sites is 1. The molecule has 1 aliphatic rings. The zero-order chi connectivity index (χ0) is 17.4. The molecule has 2 aromatic carbocycles. The Bertz CT molecular complexity index is 851. The Morgan fingerprint density at radius 1 is 0.960 bits per heavy atom. The molecular formula is C19H19N3O3. The van der Waals surface area contributed by atoms with E-state index in [9.17, 15) is 15.3 Å². The highest BCUT2D eigenvalue weighted by Crippen LogP contribution is 2.41. The molecule has 0 saturated heterocycles. The SMILES string of the molecule is OC[C@H]1[C@H](O)[C@@H](O)c2[nH]c(-c3ccccc3)nc2N1c1ccccc1. The van der Waals surface area contributed by atoms with Crippen LogP contribution < -0.4 is 4.90 Å². The van der Waals surface area contributed by atoms with Crippen molar-refractivity contribution in [2.24, 2.45) is 0 Å². The number of aliphatic hydroxyl groups is 3. The number of hydrogen-bond donors (Lipinski definition) is 4. The third-order valence-electron chi connectivity index (χ3n) is 4.55. The minimum Gasteiger partial charge on any atom is -0.394 e. The molecule has 0 aliphatic carbocycles. The van der Waals surface area contributed by atoms with Crippen molar-refractivity contribution in [2.45, 2.75) is 18.2 Å². The summed E-state index contributed by atoms with van der Waals surface area (Å²) in [5.74, 6) is 1.12. The number of anilines is 2. The molecule has 6 heteroatoms. The van der Waals surface area contributed by atoms with Crippen molar-refractivity contribution in [1.82, 2.24) is 9.97 Å². The maximum absolute atomic E-state index is 10.5. The van der Waals surface area contributed by atoms with Crippen LogP contribution in [0.5, 0.6) is 0 Å². The van der Waals surface area contributed by atoms with Crippen LogP contribution in [0.4, 0.5) is 11.5 Å². The van der Waals surface area contributed by atoms with Crippen molar-refractivity contribution in [1.29, 1.82) is 0 Å². The summed E-state index contributed by atoms with van der Waals surface area (Å²) in [4.78, 5) is 9.55. The molecule has 6 nitrogen and oxygen atoms in total. The van der Waals surface area contributed by atoms with Gasteiger partial charge in [0.05, 0.1) is 18.3 Å². The van der Waals surface area contributed by atoms with Crippen LogP contribution in [0.15, 0.2) is 60.7 Å². The van der Waals surface area contributed by atoms with E-state index >= 15 is 0 Å². The molecule has 1 aromatic heterocycles. The minimum atomic E-state index is -1.14. The van der Waals surface area contributed by atoms with Crippen LogP contribution in [0, 0.1) is 0 Å². The van der Waals surface area contributed by atoms with Crippen molar-refractivity contribution in [3.8, 4) is 11.4 Å². The van der Waals surface area contributed by atoms with Crippen molar-refractivity contribution in [3.05, 3.63) is 66.4 Å². The second kappa shape index (κ2) is 6.33. The number of fused-ring (bicyclic) bond motifs is 1. The van der Waals surface area contributed by atoms with E-state index in [1.165, 1.54) is 0 Å². The number of rotatable bonds is 3. The van der Waals surface area contributed by atoms with Gasteiger partial charge in [-0.05, 0) is 12.1 Å². The number of aromatic nitrogens is 2. The number of nitrogens with one attached hydrogen (secondary N) is 1. The Morgan fingerprint density at radius 3 is 2.24 bits per heavy atom. The van der Waals surface area contributed by atoms with Gasteiger partial charge in [-0.15, -0.1) is 0 Å². The summed E-state index contributed by atoms with van der Waals surface area (Å²) >= 11 is 0. The number of H-pyrrole nitrogens is 1. The van der Waals surface area contributed by atoms with Crippen molar-refractivity contribution < 1.29 is 15.3 Å². The van der Waals surface area contributed by atoms with Gasteiger partial charge in [-0.25, -0.2) is 4.98 Å². The molecule has 3 atom stereocenters. The highest BCUT2D eigenvalue weighted by Gasteiger charge is 2.42. The molecular weight excluding hydrogens is 318 g/mol. The van der Waals surface area contributed by atoms with Gasteiger partial charge in [0.15, 0.2) is 5.82 Å². The van der Waals surface area contributed by atoms with E-state index in [1.54, 1.807) is 4.90 Å². The van der Waals surface area contributed by atoms with Gasteiger partial charge in [0.2, 0.25) is 0 Å². The average molecular weight is 337 g/mol. The van der Waals surface area contributed by atoms with Crippen LogP contribution in [0.1, 0.15) is 11.8 Å². The fourth-order valence-corrected chi connectivity index (χ4v) is 3.28. The predicted molar refractivity (Wildman–Crippen MR) is 94.4 cm³/mol. The Morgan fingerprint density at radius 2 is 1.60 bits per heavy atom. The van der Waals surface area contributed by atoms with E-state index in [0.717, 1.165) is 11.3 Å². The zero-order valence-electron chi connectivity index (χ0n) is 13.4. The lowest BCUT2D eigenvalue weighted by Gasteiger charge is -2.40. The monoisotopic (exact) mass is 337 g/mol. The Balaban J connectivity index is 1.88. The quantitative estimate of drug-likeness (QED) is 0.586. The van der Waals surface area contributed by atoms with Gasteiger partial charge in [0.1, 0.15) is 18.0 Å². The summed E-state index contributed by atoms with van der Waals surface area (Å²) < 4.78 is 0. The number of benzene rings is 2. The summed E-state index contributed by atoms with van der Waals surface area (Å²) in [6.45, 7) is -0.305. The van der Waals surface area contributed by atoms with E-state index in [0.29, 0.717) is 17.3 Å². The number of nitrogens with zero attached hydrogens (tertiary/aromatic N) is 2. The molecule has 0 fully saturated rings.